The summed E-state index contributed by atoms with van der Waals surface area (Å²) in [5.74, 6) is 1.01. The van der Waals surface area contributed by atoms with E-state index in [1.54, 1.807) is 20.3 Å². The van der Waals surface area contributed by atoms with Crippen LogP contribution >= 0.6 is 11.3 Å². The third-order valence-corrected chi connectivity index (χ3v) is 5.78. The van der Waals surface area contributed by atoms with Crippen molar-refractivity contribution < 1.29 is 19.0 Å². The number of carbonyl (C=O) groups is 1. The number of carbonyl (C=O) groups excluding carboxylic acids is 1. The van der Waals surface area contributed by atoms with E-state index in [1.807, 2.05) is 49.1 Å². The van der Waals surface area contributed by atoms with Gasteiger partial charge in [0.15, 0.2) is 10.5 Å². The van der Waals surface area contributed by atoms with Gasteiger partial charge in [0, 0.05) is 24.9 Å². The number of hydrogen-bond donors (Lipinski definition) is 0. The standard InChI is InChI=1S/C21H28N4O4S/c1-7-29-11-10-24-18-16(27-5)8-9-17(28-6)19(18)30-21(24)22-20(26)15-12-14(4)25(23-15)13(2)3/h8-9,12-13H,7,10-11H2,1-6H3. The summed E-state index contributed by atoms with van der Waals surface area (Å²) in [6.07, 6.45) is 0. The smallest absolute Gasteiger partial charge is 0.300 e. The van der Waals surface area contributed by atoms with Gasteiger partial charge in [0.1, 0.15) is 21.7 Å². The number of aryl methyl sites for hydroxylation is 1. The summed E-state index contributed by atoms with van der Waals surface area (Å²) in [6, 6.07) is 5.64. The summed E-state index contributed by atoms with van der Waals surface area (Å²) >= 11 is 1.38. The van der Waals surface area contributed by atoms with Crippen LogP contribution < -0.4 is 14.3 Å². The minimum atomic E-state index is -0.382. The average molecular weight is 433 g/mol. The SMILES string of the molecule is CCOCCn1c(=NC(=O)c2cc(C)n(C(C)C)n2)sc2c(OC)ccc(OC)c21. The van der Waals surface area contributed by atoms with E-state index in [4.69, 9.17) is 14.2 Å². The van der Waals surface area contributed by atoms with Crippen LogP contribution in [0.25, 0.3) is 10.2 Å². The first-order valence-electron chi connectivity index (χ1n) is 9.88. The molecular formula is C21H28N4O4S. The van der Waals surface area contributed by atoms with Gasteiger partial charge in [0.25, 0.3) is 5.91 Å². The van der Waals surface area contributed by atoms with Crippen molar-refractivity contribution in [2.75, 3.05) is 27.4 Å². The number of hydrogen-bond acceptors (Lipinski definition) is 6. The molecule has 0 spiro atoms. The van der Waals surface area contributed by atoms with E-state index in [-0.39, 0.29) is 11.9 Å². The van der Waals surface area contributed by atoms with Crippen LogP contribution in [0.5, 0.6) is 11.5 Å². The quantitative estimate of drug-likeness (QED) is 0.508. The zero-order chi connectivity index (χ0) is 21.8. The molecule has 0 N–H and O–H groups in total. The van der Waals surface area contributed by atoms with Crippen LogP contribution in [0.3, 0.4) is 0 Å². The molecule has 0 aliphatic rings. The van der Waals surface area contributed by atoms with E-state index in [9.17, 15) is 4.79 Å². The van der Waals surface area contributed by atoms with Crippen molar-refractivity contribution in [2.45, 2.75) is 40.3 Å². The molecule has 0 aliphatic heterocycles. The van der Waals surface area contributed by atoms with Gasteiger partial charge in [-0.05, 0) is 45.9 Å². The number of rotatable bonds is 8. The summed E-state index contributed by atoms with van der Waals surface area (Å²) in [5.41, 5.74) is 2.08. The molecule has 30 heavy (non-hydrogen) atoms. The first kappa shape index (κ1) is 22.0. The number of nitrogens with zero attached hydrogens (tertiary/aromatic N) is 4. The van der Waals surface area contributed by atoms with Crippen LogP contribution in [-0.4, -0.2) is 47.7 Å². The maximum atomic E-state index is 12.9. The molecule has 0 aliphatic carbocycles. The van der Waals surface area contributed by atoms with E-state index in [2.05, 4.69) is 10.1 Å². The molecule has 0 atom stereocenters. The van der Waals surface area contributed by atoms with E-state index in [0.717, 1.165) is 15.9 Å². The second-order valence-corrected chi connectivity index (χ2v) is 7.98. The number of benzene rings is 1. The fourth-order valence-corrected chi connectivity index (χ4v) is 4.47. The monoisotopic (exact) mass is 432 g/mol. The lowest BCUT2D eigenvalue weighted by Gasteiger charge is -2.10. The normalized spacial score (nSPS) is 12.2. The molecule has 2 aromatic heterocycles. The predicted octanol–water partition coefficient (Wildman–Crippen LogP) is 3.58. The highest BCUT2D eigenvalue weighted by atomic mass is 32.1. The first-order valence-corrected chi connectivity index (χ1v) is 10.7. The molecule has 8 nitrogen and oxygen atoms in total. The summed E-state index contributed by atoms with van der Waals surface area (Å²) in [6.45, 7) is 9.56. The molecule has 0 fully saturated rings. The van der Waals surface area contributed by atoms with Crippen molar-refractivity contribution in [3.05, 3.63) is 34.4 Å². The Morgan fingerprint density at radius 3 is 2.53 bits per heavy atom. The van der Waals surface area contributed by atoms with Crippen LogP contribution in [-0.2, 0) is 11.3 Å². The van der Waals surface area contributed by atoms with Gasteiger partial charge in [-0.15, -0.1) is 0 Å². The Morgan fingerprint density at radius 1 is 1.23 bits per heavy atom. The molecule has 2 heterocycles. The highest BCUT2D eigenvalue weighted by Crippen LogP contribution is 2.35. The minimum absolute atomic E-state index is 0.167. The minimum Gasteiger partial charge on any atom is -0.495 e. The molecule has 0 bridgehead atoms. The molecule has 3 aromatic rings. The summed E-state index contributed by atoms with van der Waals surface area (Å²) in [7, 11) is 3.24. The summed E-state index contributed by atoms with van der Waals surface area (Å²) in [5, 5.41) is 4.43. The third kappa shape index (κ3) is 4.27. The summed E-state index contributed by atoms with van der Waals surface area (Å²) in [4.78, 5) is 17.9. The first-order chi connectivity index (χ1) is 14.4. The van der Waals surface area contributed by atoms with Gasteiger partial charge < -0.3 is 18.8 Å². The zero-order valence-corrected chi connectivity index (χ0v) is 19.1. The van der Waals surface area contributed by atoms with Crippen molar-refractivity contribution in [3.8, 4) is 11.5 Å². The van der Waals surface area contributed by atoms with E-state index in [1.165, 1.54) is 11.3 Å². The lowest BCUT2D eigenvalue weighted by atomic mass is 10.3. The molecule has 3 rings (SSSR count). The van der Waals surface area contributed by atoms with Gasteiger partial charge in [0.2, 0.25) is 0 Å². The topological polar surface area (TPSA) is 79.9 Å². The lowest BCUT2D eigenvalue weighted by molar-refractivity contribution is 0.0991. The number of thiazole rings is 1. The molecular weight excluding hydrogens is 404 g/mol. The Bertz CT molecular complexity index is 1110. The largest absolute Gasteiger partial charge is 0.495 e. The molecule has 0 saturated carbocycles. The van der Waals surface area contributed by atoms with Crippen LogP contribution in [0, 0.1) is 6.92 Å². The second-order valence-electron chi connectivity index (χ2n) is 7.01. The van der Waals surface area contributed by atoms with Crippen LogP contribution in [0.2, 0.25) is 0 Å². The predicted molar refractivity (Wildman–Crippen MR) is 117 cm³/mol. The van der Waals surface area contributed by atoms with E-state index >= 15 is 0 Å². The Labute approximate surface area is 179 Å². The van der Waals surface area contributed by atoms with Crippen molar-refractivity contribution in [2.24, 2.45) is 4.99 Å². The maximum Gasteiger partial charge on any atom is 0.300 e. The highest BCUT2D eigenvalue weighted by molar-refractivity contribution is 7.16. The van der Waals surface area contributed by atoms with Gasteiger partial charge in [0.05, 0.1) is 20.8 Å². The van der Waals surface area contributed by atoms with Crippen molar-refractivity contribution >= 4 is 27.5 Å². The van der Waals surface area contributed by atoms with E-state index in [0.29, 0.717) is 41.8 Å². The van der Waals surface area contributed by atoms with Crippen molar-refractivity contribution in [3.63, 3.8) is 0 Å². The molecule has 1 amide bonds. The van der Waals surface area contributed by atoms with Gasteiger partial charge in [-0.2, -0.15) is 10.1 Å². The number of aromatic nitrogens is 3. The Balaban J connectivity index is 2.16. The Morgan fingerprint density at radius 2 is 1.93 bits per heavy atom. The van der Waals surface area contributed by atoms with Crippen molar-refractivity contribution in [1.29, 1.82) is 0 Å². The van der Waals surface area contributed by atoms with Crippen molar-refractivity contribution in [1.82, 2.24) is 14.3 Å². The molecule has 0 radical (unpaired) electrons. The zero-order valence-electron chi connectivity index (χ0n) is 18.3. The van der Waals surface area contributed by atoms with Crippen LogP contribution in [0.4, 0.5) is 0 Å². The average Bonchev–Trinajstić information content (AvgIpc) is 3.28. The number of fused-ring (bicyclic) bond motifs is 1. The Kier molecular flexibility index (Phi) is 6.94. The molecule has 1 aromatic carbocycles. The number of ether oxygens (including phenoxy) is 3. The maximum absolute atomic E-state index is 12.9. The lowest BCUT2D eigenvalue weighted by Crippen LogP contribution is -2.20. The van der Waals surface area contributed by atoms with Gasteiger partial charge in [-0.3, -0.25) is 9.48 Å². The number of amides is 1. The van der Waals surface area contributed by atoms with Crippen LogP contribution in [0.15, 0.2) is 23.2 Å². The van der Waals surface area contributed by atoms with Gasteiger partial charge in [-0.25, -0.2) is 0 Å². The molecule has 0 unspecified atom stereocenters. The highest BCUT2D eigenvalue weighted by Gasteiger charge is 2.18. The third-order valence-electron chi connectivity index (χ3n) is 4.68. The molecule has 9 heteroatoms. The van der Waals surface area contributed by atoms with Gasteiger partial charge in [-0.1, -0.05) is 11.3 Å². The van der Waals surface area contributed by atoms with E-state index < -0.39 is 0 Å². The number of methoxy groups -OCH3 is 2. The molecule has 0 saturated heterocycles. The molecule has 162 valence electrons. The van der Waals surface area contributed by atoms with Crippen LogP contribution in [0.1, 0.15) is 43.0 Å². The summed E-state index contributed by atoms with van der Waals surface area (Å²) < 4.78 is 21.3. The fourth-order valence-electron chi connectivity index (χ4n) is 3.31. The van der Waals surface area contributed by atoms with Gasteiger partial charge >= 0.3 is 0 Å². The Hall–Kier alpha value is -2.65. The second kappa shape index (κ2) is 9.44. The fraction of sp³-hybridized carbons (Fsp3) is 0.476.